The van der Waals surface area contributed by atoms with E-state index in [1.54, 1.807) is 6.07 Å². The van der Waals surface area contributed by atoms with Crippen molar-refractivity contribution in [2.75, 3.05) is 25.6 Å². The van der Waals surface area contributed by atoms with E-state index in [1.165, 1.54) is 19.2 Å². The van der Waals surface area contributed by atoms with Crippen LogP contribution in [0.25, 0.3) is 0 Å². The van der Waals surface area contributed by atoms with Crippen LogP contribution in [0.5, 0.6) is 5.75 Å². The van der Waals surface area contributed by atoms with E-state index >= 15 is 0 Å². The first-order valence-electron chi connectivity index (χ1n) is 5.68. The monoisotopic (exact) mass is 254 g/mol. The fourth-order valence-corrected chi connectivity index (χ4v) is 1.75. The first-order chi connectivity index (χ1) is 8.69. The van der Waals surface area contributed by atoms with Crippen molar-refractivity contribution in [3.63, 3.8) is 0 Å². The van der Waals surface area contributed by atoms with E-state index in [0.717, 1.165) is 6.42 Å². The first-order valence-corrected chi connectivity index (χ1v) is 5.68. The molecule has 0 spiro atoms. The predicted octanol–water partition coefficient (Wildman–Crippen LogP) is 1.74. The van der Waals surface area contributed by atoms with Gasteiger partial charge in [0.05, 0.1) is 19.8 Å². The van der Waals surface area contributed by atoms with E-state index in [-0.39, 0.29) is 17.8 Å². The smallest absolute Gasteiger partial charge is 0.319 e. The lowest BCUT2D eigenvalue weighted by Crippen LogP contribution is -2.38. The number of hydrogen-bond acceptors (Lipinski definition) is 3. The van der Waals surface area contributed by atoms with E-state index in [1.807, 2.05) is 0 Å². The van der Waals surface area contributed by atoms with Gasteiger partial charge in [-0.2, -0.15) is 0 Å². The number of ether oxygens (including phenoxy) is 2. The number of carbonyl (C=O) groups excluding carboxylic acids is 1. The quantitative estimate of drug-likeness (QED) is 0.863. The molecule has 1 atom stereocenters. The number of nitrogens with one attached hydrogen (secondary N) is 2. The summed E-state index contributed by atoms with van der Waals surface area (Å²) in [5, 5.41) is 5.31. The Morgan fingerprint density at radius 3 is 3.00 bits per heavy atom. The zero-order valence-electron chi connectivity index (χ0n) is 10.0. The van der Waals surface area contributed by atoms with Crippen LogP contribution in [0.2, 0.25) is 0 Å². The molecule has 0 bridgehead atoms. The SMILES string of the molecule is COc1ccc(NC(=O)NC2CCOC2)cc1F. The van der Waals surface area contributed by atoms with Gasteiger partial charge in [0.2, 0.25) is 0 Å². The molecule has 2 N–H and O–H groups in total. The number of anilines is 1. The average Bonchev–Trinajstić information content (AvgIpc) is 2.82. The van der Waals surface area contributed by atoms with E-state index in [9.17, 15) is 9.18 Å². The number of carbonyl (C=O) groups is 1. The molecular weight excluding hydrogens is 239 g/mol. The molecule has 1 saturated heterocycles. The summed E-state index contributed by atoms with van der Waals surface area (Å²) < 4.78 is 23.3. The molecule has 1 heterocycles. The maximum atomic E-state index is 13.4. The van der Waals surface area contributed by atoms with Gasteiger partial charge < -0.3 is 20.1 Å². The zero-order chi connectivity index (χ0) is 13.0. The number of hydrogen-bond donors (Lipinski definition) is 2. The number of urea groups is 1. The first kappa shape index (κ1) is 12.6. The second-order valence-electron chi connectivity index (χ2n) is 4.01. The summed E-state index contributed by atoms with van der Waals surface area (Å²) in [6.07, 6.45) is 0.796. The van der Waals surface area contributed by atoms with Gasteiger partial charge in [0.1, 0.15) is 0 Å². The highest BCUT2D eigenvalue weighted by Gasteiger charge is 2.17. The molecule has 0 aliphatic carbocycles. The topological polar surface area (TPSA) is 59.6 Å². The predicted molar refractivity (Wildman–Crippen MR) is 64.3 cm³/mol. The molecule has 1 aliphatic rings. The Bertz CT molecular complexity index is 433. The fraction of sp³-hybridized carbons (Fsp3) is 0.417. The summed E-state index contributed by atoms with van der Waals surface area (Å²) in [7, 11) is 1.39. The molecule has 6 heteroatoms. The molecule has 5 nitrogen and oxygen atoms in total. The Balaban J connectivity index is 1.92. The molecule has 0 radical (unpaired) electrons. The van der Waals surface area contributed by atoms with Crippen molar-refractivity contribution in [3.8, 4) is 5.75 Å². The van der Waals surface area contributed by atoms with Crippen molar-refractivity contribution in [1.82, 2.24) is 5.32 Å². The molecule has 1 aromatic rings. The van der Waals surface area contributed by atoms with Crippen LogP contribution < -0.4 is 15.4 Å². The maximum absolute atomic E-state index is 13.4. The van der Waals surface area contributed by atoms with E-state index < -0.39 is 5.82 Å². The largest absolute Gasteiger partial charge is 0.494 e. The highest BCUT2D eigenvalue weighted by molar-refractivity contribution is 5.89. The van der Waals surface area contributed by atoms with Gasteiger partial charge in [-0.05, 0) is 18.6 Å². The molecule has 1 aromatic carbocycles. The Kier molecular flexibility index (Phi) is 3.99. The highest BCUT2D eigenvalue weighted by Crippen LogP contribution is 2.20. The zero-order valence-corrected chi connectivity index (χ0v) is 10.0. The lowest BCUT2D eigenvalue weighted by molar-refractivity contribution is 0.189. The van der Waals surface area contributed by atoms with Crippen molar-refractivity contribution < 1.29 is 18.7 Å². The number of halogens is 1. The maximum Gasteiger partial charge on any atom is 0.319 e. The third-order valence-corrected chi connectivity index (χ3v) is 2.67. The Labute approximate surface area is 104 Å². The molecule has 2 rings (SSSR count). The summed E-state index contributed by atoms with van der Waals surface area (Å²) in [5.74, 6) is -0.371. The highest BCUT2D eigenvalue weighted by atomic mass is 19.1. The Morgan fingerprint density at radius 2 is 2.39 bits per heavy atom. The third-order valence-electron chi connectivity index (χ3n) is 2.67. The van der Waals surface area contributed by atoms with E-state index in [4.69, 9.17) is 9.47 Å². The van der Waals surface area contributed by atoms with E-state index in [2.05, 4.69) is 10.6 Å². The molecule has 2 amide bonds. The second-order valence-corrected chi connectivity index (χ2v) is 4.01. The Morgan fingerprint density at radius 1 is 1.56 bits per heavy atom. The minimum Gasteiger partial charge on any atom is -0.494 e. The standard InChI is InChI=1S/C12H15FN2O3/c1-17-11-3-2-8(6-10(11)13)14-12(16)15-9-4-5-18-7-9/h2-3,6,9H,4-5,7H2,1H3,(H2,14,15,16). The molecule has 98 valence electrons. The fourth-order valence-electron chi connectivity index (χ4n) is 1.75. The van der Waals surface area contributed by atoms with E-state index in [0.29, 0.717) is 18.9 Å². The normalized spacial score (nSPS) is 18.4. The van der Waals surface area contributed by atoms with Gasteiger partial charge in [-0.3, -0.25) is 0 Å². The molecule has 0 aromatic heterocycles. The summed E-state index contributed by atoms with van der Waals surface area (Å²) in [6.45, 7) is 1.17. The molecule has 1 fully saturated rings. The summed E-state index contributed by atoms with van der Waals surface area (Å²) in [6, 6.07) is 3.91. The van der Waals surface area contributed by atoms with Crippen molar-refractivity contribution in [2.24, 2.45) is 0 Å². The lowest BCUT2D eigenvalue weighted by atomic mass is 10.2. The molecule has 0 saturated carbocycles. The second kappa shape index (κ2) is 5.68. The van der Waals surface area contributed by atoms with Crippen LogP contribution in [0.3, 0.4) is 0 Å². The number of rotatable bonds is 3. The summed E-state index contributed by atoms with van der Waals surface area (Å²) in [4.78, 5) is 11.6. The van der Waals surface area contributed by atoms with Gasteiger partial charge in [0, 0.05) is 18.4 Å². The minimum atomic E-state index is -0.514. The van der Waals surface area contributed by atoms with Crippen LogP contribution in [0, 0.1) is 5.82 Å². The summed E-state index contributed by atoms with van der Waals surface area (Å²) >= 11 is 0. The molecule has 1 aliphatic heterocycles. The number of amides is 2. The van der Waals surface area contributed by atoms with Crippen LogP contribution >= 0.6 is 0 Å². The van der Waals surface area contributed by atoms with Crippen molar-refractivity contribution in [1.29, 1.82) is 0 Å². The van der Waals surface area contributed by atoms with Crippen LogP contribution in [0.1, 0.15) is 6.42 Å². The average molecular weight is 254 g/mol. The molecule has 18 heavy (non-hydrogen) atoms. The lowest BCUT2D eigenvalue weighted by Gasteiger charge is -2.12. The Hall–Kier alpha value is -1.82. The van der Waals surface area contributed by atoms with Crippen molar-refractivity contribution in [2.45, 2.75) is 12.5 Å². The van der Waals surface area contributed by atoms with Crippen LogP contribution in [0.4, 0.5) is 14.9 Å². The van der Waals surface area contributed by atoms with Gasteiger partial charge in [-0.1, -0.05) is 0 Å². The summed E-state index contributed by atoms with van der Waals surface area (Å²) in [5.41, 5.74) is 0.379. The van der Waals surface area contributed by atoms with Gasteiger partial charge in [0.15, 0.2) is 11.6 Å². The van der Waals surface area contributed by atoms with Crippen LogP contribution in [0.15, 0.2) is 18.2 Å². The van der Waals surface area contributed by atoms with Gasteiger partial charge in [-0.25, -0.2) is 9.18 Å². The van der Waals surface area contributed by atoms with Gasteiger partial charge >= 0.3 is 6.03 Å². The number of methoxy groups -OCH3 is 1. The molecular formula is C12H15FN2O3. The third kappa shape index (κ3) is 3.10. The van der Waals surface area contributed by atoms with Crippen molar-refractivity contribution >= 4 is 11.7 Å². The van der Waals surface area contributed by atoms with Gasteiger partial charge in [-0.15, -0.1) is 0 Å². The van der Waals surface area contributed by atoms with Crippen LogP contribution in [-0.2, 0) is 4.74 Å². The number of benzene rings is 1. The minimum absolute atomic E-state index is 0.0214. The van der Waals surface area contributed by atoms with Gasteiger partial charge in [0.25, 0.3) is 0 Å². The molecule has 1 unspecified atom stereocenters. The van der Waals surface area contributed by atoms with Crippen molar-refractivity contribution in [3.05, 3.63) is 24.0 Å². The van der Waals surface area contributed by atoms with Crippen LogP contribution in [-0.4, -0.2) is 32.4 Å².